The van der Waals surface area contributed by atoms with E-state index in [1.165, 1.54) is 0 Å². The Bertz CT molecular complexity index is 194. The molecule has 0 saturated heterocycles. The number of hydrogen-bond donors (Lipinski definition) is 0. The fraction of sp³-hybridized carbons (Fsp3) is 0.818. The Kier molecular flexibility index (Phi) is 5.92. The van der Waals surface area contributed by atoms with Gasteiger partial charge in [-0.2, -0.15) is 0 Å². The van der Waals surface area contributed by atoms with Gasteiger partial charge in [0.15, 0.2) is 0 Å². The average molecular weight is 239 g/mol. The monoisotopic (exact) mass is 239 g/mol. The summed E-state index contributed by atoms with van der Waals surface area (Å²) < 4.78 is 0. The van der Waals surface area contributed by atoms with E-state index in [2.05, 4.69) is 0 Å². The summed E-state index contributed by atoms with van der Waals surface area (Å²) in [6.45, 7) is 11.0. The summed E-state index contributed by atoms with van der Waals surface area (Å²) in [7, 11) is 0. The van der Waals surface area contributed by atoms with Crippen molar-refractivity contribution < 1.29 is 26.7 Å². The second-order valence-electron chi connectivity index (χ2n) is 5.52. The first-order chi connectivity index (χ1) is 5.55. The van der Waals surface area contributed by atoms with Crippen LogP contribution in [0.15, 0.2) is 0 Å². The molecule has 0 bridgehead atoms. The molecule has 0 aliphatic heterocycles. The molecule has 0 N–H and O–H groups in total. The quantitative estimate of drug-likeness (QED) is 0.548. The van der Waals surface area contributed by atoms with Gasteiger partial charge in [-0.1, -0.05) is 41.5 Å². The zero-order valence-corrected chi connectivity index (χ0v) is 11.1. The second-order valence-corrected chi connectivity index (χ2v) is 5.52. The molecule has 14 heavy (non-hydrogen) atoms. The summed E-state index contributed by atoms with van der Waals surface area (Å²) >= 11 is 0. The van der Waals surface area contributed by atoms with Gasteiger partial charge in [0.25, 0.3) is 0 Å². The van der Waals surface area contributed by atoms with E-state index in [4.69, 9.17) is 0 Å². The van der Waals surface area contributed by atoms with E-state index >= 15 is 0 Å². The smallest absolute Gasteiger partial charge is 0.145 e. The first-order valence-corrected chi connectivity index (χ1v) is 4.62. The Hall–Kier alpha value is -0.141. The van der Waals surface area contributed by atoms with E-state index < -0.39 is 10.8 Å². The van der Waals surface area contributed by atoms with Gasteiger partial charge in [-0.3, -0.25) is 9.59 Å². The third kappa shape index (κ3) is 5.56. The van der Waals surface area contributed by atoms with Crippen LogP contribution in [0.3, 0.4) is 0 Å². The van der Waals surface area contributed by atoms with E-state index in [0.717, 1.165) is 0 Å². The Morgan fingerprint density at radius 1 is 0.786 bits per heavy atom. The van der Waals surface area contributed by atoms with Crippen LogP contribution >= 0.6 is 0 Å². The van der Waals surface area contributed by atoms with Crippen LogP contribution in [0.5, 0.6) is 0 Å². The molecule has 0 heterocycles. The van der Waals surface area contributed by atoms with Crippen LogP contribution < -0.4 is 0 Å². The summed E-state index contributed by atoms with van der Waals surface area (Å²) in [4.78, 5) is 23.0. The van der Waals surface area contributed by atoms with Crippen molar-refractivity contribution in [3.63, 3.8) is 0 Å². The van der Waals surface area contributed by atoms with E-state index in [-0.39, 0.29) is 35.1 Å². The molecule has 2 nitrogen and oxygen atoms in total. The molecule has 3 heteroatoms. The van der Waals surface area contributed by atoms with Crippen molar-refractivity contribution in [1.82, 2.24) is 0 Å². The minimum atomic E-state index is -0.402. The Labute approximate surface area is 97.3 Å². The molecule has 0 aromatic carbocycles. The Morgan fingerprint density at radius 2 is 1.00 bits per heavy atom. The second kappa shape index (κ2) is 5.09. The van der Waals surface area contributed by atoms with Crippen molar-refractivity contribution in [2.24, 2.45) is 10.8 Å². The fourth-order valence-corrected chi connectivity index (χ4v) is 0.676. The van der Waals surface area contributed by atoms with Crippen molar-refractivity contribution >= 4 is 11.6 Å². The summed E-state index contributed by atoms with van der Waals surface area (Å²) in [5.41, 5.74) is -0.804. The van der Waals surface area contributed by atoms with Crippen LogP contribution in [0.2, 0.25) is 0 Å². The van der Waals surface area contributed by atoms with Gasteiger partial charge in [-0.15, -0.1) is 0 Å². The van der Waals surface area contributed by atoms with Crippen LogP contribution in [-0.4, -0.2) is 11.6 Å². The van der Waals surface area contributed by atoms with Gasteiger partial charge in [0.2, 0.25) is 0 Å². The summed E-state index contributed by atoms with van der Waals surface area (Å²) in [6.07, 6.45) is 0.0625. The van der Waals surface area contributed by atoms with Crippen molar-refractivity contribution in [2.45, 2.75) is 48.0 Å². The molecular weight excluding hydrogens is 219 g/mol. The van der Waals surface area contributed by atoms with Crippen molar-refractivity contribution in [2.75, 3.05) is 0 Å². The minimum absolute atomic E-state index is 0. The zero-order chi connectivity index (χ0) is 10.9. The number of hydrogen-bond acceptors (Lipinski definition) is 2. The molecule has 0 spiro atoms. The zero-order valence-electron chi connectivity index (χ0n) is 9.90. The Balaban J connectivity index is 0. The predicted octanol–water partition coefficient (Wildman–Crippen LogP) is 2.60. The van der Waals surface area contributed by atoms with Crippen LogP contribution in [0, 0.1) is 10.8 Å². The molecule has 0 amide bonds. The van der Waals surface area contributed by atoms with E-state index in [9.17, 15) is 9.59 Å². The van der Waals surface area contributed by atoms with Crippen molar-refractivity contribution in [1.29, 1.82) is 0 Å². The van der Waals surface area contributed by atoms with Gasteiger partial charge in [0, 0.05) is 27.9 Å². The minimum Gasteiger partial charge on any atom is -0.299 e. The van der Waals surface area contributed by atoms with Gasteiger partial charge in [-0.05, 0) is 0 Å². The van der Waals surface area contributed by atoms with Crippen LogP contribution in [0.1, 0.15) is 48.0 Å². The maximum absolute atomic E-state index is 11.5. The largest absolute Gasteiger partial charge is 0.299 e. The summed E-state index contributed by atoms with van der Waals surface area (Å²) in [5, 5.41) is 0. The molecule has 0 aromatic rings. The SMILES string of the molecule is CC(C)(C)C(=O)CC(=O)C(C)(C)C.[Mn]. The topological polar surface area (TPSA) is 34.1 Å². The average Bonchev–Trinajstić information content (AvgIpc) is 1.82. The van der Waals surface area contributed by atoms with Gasteiger partial charge >= 0.3 is 0 Å². The normalized spacial score (nSPS) is 11.9. The molecule has 83 valence electrons. The molecule has 0 fully saturated rings. The van der Waals surface area contributed by atoms with Crippen LogP contribution in [0.4, 0.5) is 0 Å². The molecule has 0 aromatic heterocycles. The first-order valence-electron chi connectivity index (χ1n) is 4.62. The molecule has 0 aliphatic rings. The fourth-order valence-electron chi connectivity index (χ4n) is 0.676. The summed E-state index contributed by atoms with van der Waals surface area (Å²) in [5.74, 6) is 0.0415. The van der Waals surface area contributed by atoms with E-state index in [1.54, 1.807) is 0 Å². The van der Waals surface area contributed by atoms with Gasteiger partial charge in [0.05, 0.1) is 6.42 Å². The number of rotatable bonds is 2. The first kappa shape index (κ1) is 16.3. The number of carbonyl (C=O) groups excluding carboxylic acids is 2. The third-order valence-corrected chi connectivity index (χ3v) is 1.99. The van der Waals surface area contributed by atoms with Crippen LogP contribution in [-0.2, 0) is 26.7 Å². The van der Waals surface area contributed by atoms with Crippen molar-refractivity contribution in [3.05, 3.63) is 0 Å². The van der Waals surface area contributed by atoms with Gasteiger partial charge < -0.3 is 0 Å². The number of Topliss-reactive ketones (excluding diaryl/α,β-unsaturated/α-hetero) is 2. The molecule has 0 aliphatic carbocycles. The maximum atomic E-state index is 11.5. The maximum Gasteiger partial charge on any atom is 0.145 e. The standard InChI is InChI=1S/C11H20O2.Mn/c1-10(2,3)8(12)7-9(13)11(4,5)6;/h7H2,1-6H3;. The van der Waals surface area contributed by atoms with E-state index in [0.29, 0.717) is 0 Å². The number of ketones is 2. The Morgan fingerprint density at radius 3 is 1.14 bits per heavy atom. The van der Waals surface area contributed by atoms with Gasteiger partial charge in [-0.25, -0.2) is 0 Å². The molecule has 0 atom stereocenters. The third-order valence-electron chi connectivity index (χ3n) is 1.99. The molecule has 0 saturated carbocycles. The molecule has 1 radical (unpaired) electrons. The van der Waals surface area contributed by atoms with Crippen LogP contribution in [0.25, 0.3) is 0 Å². The van der Waals surface area contributed by atoms with Gasteiger partial charge in [0.1, 0.15) is 11.6 Å². The number of carbonyl (C=O) groups is 2. The summed E-state index contributed by atoms with van der Waals surface area (Å²) in [6, 6.07) is 0. The molecular formula is C11H20MnO2. The van der Waals surface area contributed by atoms with Crippen molar-refractivity contribution in [3.8, 4) is 0 Å². The van der Waals surface area contributed by atoms with E-state index in [1.807, 2.05) is 41.5 Å². The predicted molar refractivity (Wildman–Crippen MR) is 53.5 cm³/mol. The molecule has 0 rings (SSSR count). The molecule has 0 unspecified atom stereocenters.